The number of rotatable bonds is 1. The summed E-state index contributed by atoms with van der Waals surface area (Å²) >= 11 is 0. The molecule has 0 saturated carbocycles. The number of hydrogen-bond acceptors (Lipinski definition) is 2. The first-order valence-electron chi connectivity index (χ1n) is 5.36. The van der Waals surface area contributed by atoms with Gasteiger partial charge in [-0.05, 0) is 25.0 Å². The van der Waals surface area contributed by atoms with Crippen LogP contribution < -0.4 is 0 Å². The van der Waals surface area contributed by atoms with E-state index in [1.165, 1.54) is 16.5 Å². The first-order valence-corrected chi connectivity index (χ1v) is 5.36. The van der Waals surface area contributed by atoms with Crippen LogP contribution in [0.1, 0.15) is 18.0 Å². The van der Waals surface area contributed by atoms with E-state index in [1.807, 2.05) is 6.20 Å². The topological polar surface area (TPSA) is 27.1 Å². The molecule has 1 aromatic heterocycles. The highest BCUT2D eigenvalue weighted by molar-refractivity contribution is 5.79. The van der Waals surface area contributed by atoms with Crippen LogP contribution >= 0.6 is 0 Å². The third-order valence-electron chi connectivity index (χ3n) is 3.01. The maximum atomic E-state index is 5.40. The highest BCUT2D eigenvalue weighted by atomic mass is 16.5. The Kier molecular flexibility index (Phi) is 1.99. The Hall–Kier alpha value is -1.35. The molecule has 1 aliphatic heterocycles. The summed E-state index contributed by atoms with van der Waals surface area (Å²) in [6.45, 7) is 3.77. The molecular formula is C12H14N2O. The van der Waals surface area contributed by atoms with E-state index in [0.717, 1.165) is 19.6 Å². The maximum absolute atomic E-state index is 5.40. The third kappa shape index (κ3) is 1.43. The van der Waals surface area contributed by atoms with Crippen molar-refractivity contribution in [3.05, 3.63) is 30.0 Å². The van der Waals surface area contributed by atoms with Gasteiger partial charge in [0.05, 0.1) is 24.4 Å². The molecule has 0 radical (unpaired) electrons. The largest absolute Gasteiger partial charge is 0.379 e. The quantitative estimate of drug-likeness (QED) is 0.709. The van der Waals surface area contributed by atoms with Gasteiger partial charge >= 0.3 is 0 Å². The van der Waals surface area contributed by atoms with Gasteiger partial charge in [-0.2, -0.15) is 5.10 Å². The van der Waals surface area contributed by atoms with Gasteiger partial charge < -0.3 is 4.74 Å². The van der Waals surface area contributed by atoms with Crippen molar-refractivity contribution >= 4 is 10.9 Å². The Bertz CT molecular complexity index is 483. The standard InChI is InChI=1S/C12H14N2O/c1-9-2-3-10-7-13-14(12(10)6-9)11-4-5-15-8-11/h2-3,6-7,11H,4-5,8H2,1H3/t11-/m0/s1. The van der Waals surface area contributed by atoms with Crippen LogP contribution in [-0.4, -0.2) is 23.0 Å². The van der Waals surface area contributed by atoms with Gasteiger partial charge in [-0.1, -0.05) is 12.1 Å². The van der Waals surface area contributed by atoms with Crippen LogP contribution in [0.5, 0.6) is 0 Å². The molecule has 2 aromatic rings. The number of benzene rings is 1. The molecule has 3 nitrogen and oxygen atoms in total. The lowest BCUT2D eigenvalue weighted by Gasteiger charge is -2.09. The molecule has 1 atom stereocenters. The molecule has 0 amide bonds. The van der Waals surface area contributed by atoms with Crippen LogP contribution in [0.4, 0.5) is 0 Å². The van der Waals surface area contributed by atoms with Crippen molar-refractivity contribution in [2.45, 2.75) is 19.4 Å². The number of nitrogens with zero attached hydrogens (tertiary/aromatic N) is 2. The minimum atomic E-state index is 0.421. The van der Waals surface area contributed by atoms with Gasteiger partial charge in [0.1, 0.15) is 0 Å². The van der Waals surface area contributed by atoms with Crippen LogP contribution in [0.15, 0.2) is 24.4 Å². The van der Waals surface area contributed by atoms with Crippen molar-refractivity contribution in [3.8, 4) is 0 Å². The van der Waals surface area contributed by atoms with E-state index in [2.05, 4.69) is 34.9 Å². The molecular weight excluding hydrogens is 188 g/mol. The normalized spacial score (nSPS) is 21.3. The summed E-state index contributed by atoms with van der Waals surface area (Å²) in [6, 6.07) is 6.87. The fourth-order valence-electron chi connectivity index (χ4n) is 2.15. The van der Waals surface area contributed by atoms with E-state index < -0.39 is 0 Å². The second kappa shape index (κ2) is 3.35. The molecule has 15 heavy (non-hydrogen) atoms. The van der Waals surface area contributed by atoms with Gasteiger partial charge in [0.15, 0.2) is 0 Å². The van der Waals surface area contributed by atoms with Gasteiger partial charge in [-0.25, -0.2) is 0 Å². The van der Waals surface area contributed by atoms with E-state index >= 15 is 0 Å². The van der Waals surface area contributed by atoms with Crippen molar-refractivity contribution in [2.75, 3.05) is 13.2 Å². The number of ether oxygens (including phenoxy) is 1. The molecule has 1 aromatic carbocycles. The van der Waals surface area contributed by atoms with Gasteiger partial charge in [0, 0.05) is 12.0 Å². The van der Waals surface area contributed by atoms with Gasteiger partial charge in [0.25, 0.3) is 0 Å². The van der Waals surface area contributed by atoms with Crippen LogP contribution in [0.25, 0.3) is 10.9 Å². The van der Waals surface area contributed by atoms with Gasteiger partial charge in [0.2, 0.25) is 0 Å². The number of hydrogen-bond donors (Lipinski definition) is 0. The van der Waals surface area contributed by atoms with Gasteiger partial charge in [-0.15, -0.1) is 0 Å². The van der Waals surface area contributed by atoms with Crippen molar-refractivity contribution in [1.29, 1.82) is 0 Å². The SMILES string of the molecule is Cc1ccc2cnn([C@H]3CCOC3)c2c1. The number of aromatic nitrogens is 2. The number of aryl methyl sites for hydroxylation is 1. The summed E-state index contributed by atoms with van der Waals surface area (Å²) in [5.41, 5.74) is 2.51. The summed E-state index contributed by atoms with van der Waals surface area (Å²) in [5, 5.41) is 5.67. The van der Waals surface area contributed by atoms with Crippen molar-refractivity contribution in [3.63, 3.8) is 0 Å². The molecule has 0 spiro atoms. The average molecular weight is 202 g/mol. The molecule has 0 aliphatic carbocycles. The lowest BCUT2D eigenvalue weighted by molar-refractivity contribution is 0.185. The third-order valence-corrected chi connectivity index (χ3v) is 3.01. The lowest BCUT2D eigenvalue weighted by Crippen LogP contribution is -2.09. The number of fused-ring (bicyclic) bond motifs is 1. The van der Waals surface area contributed by atoms with Crippen LogP contribution in [-0.2, 0) is 4.74 Å². The molecule has 0 bridgehead atoms. The Morgan fingerprint density at radius 3 is 3.20 bits per heavy atom. The fourth-order valence-corrected chi connectivity index (χ4v) is 2.15. The van der Waals surface area contributed by atoms with Crippen molar-refractivity contribution in [1.82, 2.24) is 9.78 Å². The lowest BCUT2D eigenvalue weighted by atomic mass is 10.2. The first-order chi connectivity index (χ1) is 7.34. The summed E-state index contributed by atoms with van der Waals surface area (Å²) < 4.78 is 7.51. The van der Waals surface area contributed by atoms with Gasteiger partial charge in [-0.3, -0.25) is 4.68 Å². The smallest absolute Gasteiger partial charge is 0.0781 e. The molecule has 0 unspecified atom stereocenters. The minimum absolute atomic E-state index is 0.421. The van der Waals surface area contributed by atoms with Crippen molar-refractivity contribution < 1.29 is 4.74 Å². The van der Waals surface area contributed by atoms with E-state index in [0.29, 0.717) is 6.04 Å². The minimum Gasteiger partial charge on any atom is -0.379 e. The summed E-state index contributed by atoms with van der Waals surface area (Å²) in [7, 11) is 0. The molecule has 2 heterocycles. The second-order valence-corrected chi connectivity index (χ2v) is 4.17. The summed E-state index contributed by atoms with van der Waals surface area (Å²) in [5.74, 6) is 0. The zero-order chi connectivity index (χ0) is 10.3. The van der Waals surface area contributed by atoms with Crippen LogP contribution in [0.2, 0.25) is 0 Å². The zero-order valence-electron chi connectivity index (χ0n) is 8.81. The molecule has 1 saturated heterocycles. The zero-order valence-corrected chi connectivity index (χ0v) is 8.81. The van der Waals surface area contributed by atoms with E-state index in [-0.39, 0.29) is 0 Å². The Labute approximate surface area is 88.7 Å². The Morgan fingerprint density at radius 1 is 1.47 bits per heavy atom. The predicted octanol–water partition coefficient (Wildman–Crippen LogP) is 2.31. The van der Waals surface area contributed by atoms with E-state index in [9.17, 15) is 0 Å². The van der Waals surface area contributed by atoms with E-state index in [1.54, 1.807) is 0 Å². The monoisotopic (exact) mass is 202 g/mol. The van der Waals surface area contributed by atoms with Crippen LogP contribution in [0, 0.1) is 6.92 Å². The first kappa shape index (κ1) is 8.92. The summed E-state index contributed by atoms with van der Waals surface area (Å²) in [6.07, 6.45) is 3.01. The molecule has 3 heteroatoms. The Balaban J connectivity index is 2.13. The highest BCUT2D eigenvalue weighted by Crippen LogP contribution is 2.24. The predicted molar refractivity (Wildman–Crippen MR) is 58.9 cm³/mol. The highest BCUT2D eigenvalue weighted by Gasteiger charge is 2.19. The molecule has 3 rings (SSSR count). The van der Waals surface area contributed by atoms with E-state index in [4.69, 9.17) is 4.74 Å². The van der Waals surface area contributed by atoms with Crippen LogP contribution in [0.3, 0.4) is 0 Å². The second-order valence-electron chi connectivity index (χ2n) is 4.17. The fraction of sp³-hybridized carbons (Fsp3) is 0.417. The molecule has 1 fully saturated rings. The average Bonchev–Trinajstić information content (AvgIpc) is 2.83. The Morgan fingerprint density at radius 2 is 2.40 bits per heavy atom. The molecule has 0 N–H and O–H groups in total. The maximum Gasteiger partial charge on any atom is 0.0781 e. The summed E-state index contributed by atoms with van der Waals surface area (Å²) in [4.78, 5) is 0. The molecule has 1 aliphatic rings. The molecule has 78 valence electrons. The van der Waals surface area contributed by atoms with Crippen molar-refractivity contribution in [2.24, 2.45) is 0 Å².